The molecule has 0 aliphatic heterocycles. The molecule has 0 heterocycles. The molecule has 0 aliphatic carbocycles. The zero-order chi connectivity index (χ0) is 8.15. The van der Waals surface area contributed by atoms with Gasteiger partial charge in [-0.25, -0.2) is 4.79 Å². The lowest BCUT2D eigenvalue weighted by Gasteiger charge is -1.92. The van der Waals surface area contributed by atoms with Crippen molar-refractivity contribution in [3.63, 3.8) is 0 Å². The Morgan fingerprint density at radius 2 is 2.00 bits per heavy atom. The van der Waals surface area contributed by atoms with Gasteiger partial charge in [0.15, 0.2) is 0 Å². The number of aliphatic hydroxyl groups excluding tert-OH is 1. The van der Waals surface area contributed by atoms with Gasteiger partial charge in [0.1, 0.15) is 0 Å². The number of amides is 1. The number of primary amides is 1. The van der Waals surface area contributed by atoms with E-state index in [4.69, 9.17) is 10.2 Å². The SMILES string of the molecule is NC(=O)/C=C(/CO)C(=O)O. The second-order valence-corrected chi connectivity index (χ2v) is 1.54. The van der Waals surface area contributed by atoms with Crippen LogP contribution < -0.4 is 5.73 Å². The molecule has 0 aromatic carbocycles. The molecule has 56 valence electrons. The molecular weight excluding hydrogens is 138 g/mol. The Hall–Kier alpha value is -1.36. The Kier molecular flexibility index (Phi) is 3.13. The number of hydrogen-bond donors (Lipinski definition) is 3. The molecule has 0 aromatic heterocycles. The van der Waals surface area contributed by atoms with Crippen LogP contribution in [0.4, 0.5) is 0 Å². The molecule has 0 unspecified atom stereocenters. The van der Waals surface area contributed by atoms with E-state index in [-0.39, 0.29) is 0 Å². The predicted molar refractivity (Wildman–Crippen MR) is 32.0 cm³/mol. The number of carboxylic acids is 1. The number of rotatable bonds is 3. The molecule has 0 spiro atoms. The Balaban J connectivity index is 4.34. The van der Waals surface area contributed by atoms with E-state index in [1.54, 1.807) is 0 Å². The van der Waals surface area contributed by atoms with E-state index in [9.17, 15) is 9.59 Å². The molecular formula is C5H7NO4. The van der Waals surface area contributed by atoms with Crippen LogP contribution in [-0.2, 0) is 9.59 Å². The van der Waals surface area contributed by atoms with Crippen molar-refractivity contribution in [3.05, 3.63) is 11.6 Å². The Morgan fingerprint density at radius 3 is 2.10 bits per heavy atom. The average molecular weight is 145 g/mol. The molecule has 5 nitrogen and oxygen atoms in total. The van der Waals surface area contributed by atoms with Crippen LogP contribution in [0.2, 0.25) is 0 Å². The topological polar surface area (TPSA) is 101 Å². The van der Waals surface area contributed by atoms with Gasteiger partial charge in [-0.3, -0.25) is 4.79 Å². The highest BCUT2D eigenvalue weighted by atomic mass is 16.4. The standard InChI is InChI=1S/C5H7NO4/c6-4(8)1-3(2-7)5(9)10/h1,7H,2H2,(H2,6,8)(H,9,10)/b3-1-. The summed E-state index contributed by atoms with van der Waals surface area (Å²) in [6, 6.07) is 0. The van der Waals surface area contributed by atoms with Gasteiger partial charge in [-0.05, 0) is 0 Å². The minimum atomic E-state index is -1.35. The van der Waals surface area contributed by atoms with E-state index < -0.39 is 24.1 Å². The van der Waals surface area contributed by atoms with Crippen molar-refractivity contribution < 1.29 is 19.8 Å². The zero-order valence-electron chi connectivity index (χ0n) is 5.07. The lowest BCUT2D eigenvalue weighted by molar-refractivity contribution is -0.133. The van der Waals surface area contributed by atoms with Gasteiger partial charge in [0.2, 0.25) is 5.91 Å². The van der Waals surface area contributed by atoms with E-state index in [1.807, 2.05) is 0 Å². The monoisotopic (exact) mass is 145 g/mol. The van der Waals surface area contributed by atoms with Crippen LogP contribution in [-0.4, -0.2) is 28.7 Å². The van der Waals surface area contributed by atoms with Gasteiger partial charge in [-0.1, -0.05) is 0 Å². The first-order chi connectivity index (χ1) is 4.57. The second kappa shape index (κ2) is 3.62. The first-order valence-corrected chi connectivity index (χ1v) is 2.42. The van der Waals surface area contributed by atoms with Gasteiger partial charge in [0.25, 0.3) is 0 Å². The molecule has 0 saturated heterocycles. The van der Waals surface area contributed by atoms with Crippen LogP contribution in [0.5, 0.6) is 0 Å². The van der Waals surface area contributed by atoms with Crippen LogP contribution in [0.25, 0.3) is 0 Å². The largest absolute Gasteiger partial charge is 0.478 e. The first-order valence-electron chi connectivity index (χ1n) is 2.42. The highest BCUT2D eigenvalue weighted by molar-refractivity contribution is 5.97. The van der Waals surface area contributed by atoms with E-state index in [0.717, 1.165) is 0 Å². The number of carbonyl (C=O) groups excluding carboxylic acids is 1. The van der Waals surface area contributed by atoms with Crippen molar-refractivity contribution in [1.82, 2.24) is 0 Å². The molecule has 0 aromatic rings. The van der Waals surface area contributed by atoms with Gasteiger partial charge < -0.3 is 15.9 Å². The van der Waals surface area contributed by atoms with Gasteiger partial charge >= 0.3 is 5.97 Å². The molecule has 0 fully saturated rings. The normalized spacial score (nSPS) is 11.1. The summed E-state index contributed by atoms with van der Waals surface area (Å²) < 4.78 is 0. The second-order valence-electron chi connectivity index (χ2n) is 1.54. The van der Waals surface area contributed by atoms with Gasteiger partial charge in [-0.15, -0.1) is 0 Å². The fourth-order valence-electron chi connectivity index (χ4n) is 0.347. The maximum absolute atomic E-state index is 10.0. The summed E-state index contributed by atoms with van der Waals surface area (Å²) in [5.41, 5.74) is 4.21. The minimum absolute atomic E-state index is 0.410. The van der Waals surface area contributed by atoms with Crippen molar-refractivity contribution in [3.8, 4) is 0 Å². The van der Waals surface area contributed by atoms with Crippen LogP contribution in [0, 0.1) is 0 Å². The summed E-state index contributed by atoms with van der Waals surface area (Å²) in [5, 5.41) is 16.5. The van der Waals surface area contributed by atoms with Gasteiger partial charge in [-0.2, -0.15) is 0 Å². The van der Waals surface area contributed by atoms with Crippen molar-refractivity contribution >= 4 is 11.9 Å². The molecule has 0 aliphatic rings. The van der Waals surface area contributed by atoms with Gasteiger partial charge in [0.05, 0.1) is 12.2 Å². The summed E-state index contributed by atoms with van der Waals surface area (Å²) >= 11 is 0. The van der Waals surface area contributed by atoms with Crippen LogP contribution in [0.1, 0.15) is 0 Å². The highest BCUT2D eigenvalue weighted by Gasteiger charge is 2.05. The number of hydrogen-bond acceptors (Lipinski definition) is 3. The molecule has 0 bridgehead atoms. The van der Waals surface area contributed by atoms with Crippen molar-refractivity contribution in [1.29, 1.82) is 0 Å². The molecule has 0 saturated carbocycles. The summed E-state index contributed by atoms with van der Waals surface area (Å²) in [6.45, 7) is -0.696. The molecule has 4 N–H and O–H groups in total. The lowest BCUT2D eigenvalue weighted by Crippen LogP contribution is -2.12. The van der Waals surface area contributed by atoms with E-state index in [2.05, 4.69) is 5.73 Å². The van der Waals surface area contributed by atoms with Crippen molar-refractivity contribution in [2.24, 2.45) is 5.73 Å². The molecule has 1 amide bonds. The average Bonchev–Trinajstić information content (AvgIpc) is 1.81. The van der Waals surface area contributed by atoms with E-state index >= 15 is 0 Å². The summed E-state index contributed by atoms with van der Waals surface area (Å²) in [7, 11) is 0. The molecule has 5 heteroatoms. The molecule has 0 rings (SSSR count). The third-order valence-corrected chi connectivity index (χ3v) is 0.762. The molecule has 0 atom stereocenters. The fraction of sp³-hybridized carbons (Fsp3) is 0.200. The van der Waals surface area contributed by atoms with E-state index in [1.165, 1.54) is 0 Å². The van der Waals surface area contributed by atoms with Crippen molar-refractivity contribution in [2.45, 2.75) is 0 Å². The Morgan fingerprint density at radius 1 is 1.50 bits per heavy atom. The zero-order valence-corrected chi connectivity index (χ0v) is 5.07. The third-order valence-electron chi connectivity index (χ3n) is 0.762. The number of carboxylic acid groups (broad SMARTS) is 1. The maximum atomic E-state index is 10.0. The van der Waals surface area contributed by atoms with Crippen LogP contribution in [0.15, 0.2) is 11.6 Å². The third kappa shape index (κ3) is 2.83. The minimum Gasteiger partial charge on any atom is -0.478 e. The number of aliphatic carboxylic acids is 1. The Labute approximate surface area is 56.8 Å². The van der Waals surface area contributed by atoms with E-state index in [0.29, 0.717) is 6.08 Å². The summed E-state index contributed by atoms with van der Waals surface area (Å²) in [4.78, 5) is 20.1. The number of nitrogens with two attached hydrogens (primary N) is 1. The predicted octanol–water partition coefficient (Wildman–Crippen LogP) is -1.52. The molecule has 0 radical (unpaired) electrons. The Bertz CT molecular complexity index is 184. The van der Waals surface area contributed by atoms with Crippen molar-refractivity contribution in [2.75, 3.05) is 6.61 Å². The number of aliphatic hydroxyl groups is 1. The lowest BCUT2D eigenvalue weighted by atomic mass is 10.2. The van der Waals surface area contributed by atoms with Crippen LogP contribution >= 0.6 is 0 Å². The quantitative estimate of drug-likeness (QED) is 0.419. The van der Waals surface area contributed by atoms with Crippen LogP contribution in [0.3, 0.4) is 0 Å². The first kappa shape index (κ1) is 8.64. The fourth-order valence-corrected chi connectivity index (χ4v) is 0.347. The molecule has 10 heavy (non-hydrogen) atoms. The maximum Gasteiger partial charge on any atom is 0.334 e. The summed E-state index contributed by atoms with van der Waals surface area (Å²) in [6.07, 6.45) is 0.669. The highest BCUT2D eigenvalue weighted by Crippen LogP contribution is 1.90. The number of carbonyl (C=O) groups is 2. The smallest absolute Gasteiger partial charge is 0.334 e. The van der Waals surface area contributed by atoms with Gasteiger partial charge in [0, 0.05) is 6.08 Å². The summed E-state index contributed by atoms with van der Waals surface area (Å²) in [5.74, 6) is -2.23.